The lowest BCUT2D eigenvalue weighted by Crippen LogP contribution is -2.51. The second-order valence-electron chi connectivity index (χ2n) is 7.01. The first-order chi connectivity index (χ1) is 12.8. The minimum absolute atomic E-state index is 0.491. The Morgan fingerprint density at radius 1 is 0.962 bits per heavy atom. The van der Waals surface area contributed by atoms with Gasteiger partial charge in [-0.3, -0.25) is 14.6 Å². The third-order valence-corrected chi connectivity index (χ3v) is 4.99. The monoisotopic (exact) mass is 347 g/mol. The number of pyridine rings is 1. The molecular formula is C21H25N5. The summed E-state index contributed by atoms with van der Waals surface area (Å²) in [5, 5.41) is 4.53. The first-order valence-corrected chi connectivity index (χ1v) is 9.22. The maximum absolute atomic E-state index is 4.53. The van der Waals surface area contributed by atoms with Gasteiger partial charge in [0.05, 0.1) is 12.7 Å². The maximum Gasteiger partial charge on any atom is 0.0659 e. The SMILES string of the molecule is CC1CN(Cc2cnn(Cc3ccccc3)c2)CCN1c1ccncc1. The van der Waals surface area contributed by atoms with Gasteiger partial charge in [-0.15, -0.1) is 0 Å². The highest BCUT2D eigenvalue weighted by molar-refractivity contribution is 5.46. The van der Waals surface area contributed by atoms with Crippen LogP contribution >= 0.6 is 0 Å². The average molecular weight is 347 g/mol. The molecule has 1 aliphatic heterocycles. The van der Waals surface area contributed by atoms with Crippen LogP contribution < -0.4 is 4.90 Å². The van der Waals surface area contributed by atoms with E-state index in [9.17, 15) is 0 Å². The molecule has 5 nitrogen and oxygen atoms in total. The Bertz CT molecular complexity index is 815. The lowest BCUT2D eigenvalue weighted by molar-refractivity contribution is 0.221. The van der Waals surface area contributed by atoms with Gasteiger partial charge in [0.25, 0.3) is 0 Å². The standard InChI is InChI=1S/C21H25N5/c1-18-14-24(11-12-26(18)21-7-9-22-10-8-21)15-20-13-23-25(17-20)16-19-5-3-2-4-6-19/h2-10,13,17-18H,11-12,14-16H2,1H3. The van der Waals surface area contributed by atoms with Crippen LogP contribution in [0.5, 0.6) is 0 Å². The zero-order valence-corrected chi connectivity index (χ0v) is 15.2. The van der Waals surface area contributed by atoms with E-state index in [1.807, 2.05) is 29.3 Å². The van der Waals surface area contributed by atoms with Gasteiger partial charge in [0, 0.05) is 62.1 Å². The van der Waals surface area contributed by atoms with E-state index in [0.717, 1.165) is 32.7 Å². The summed E-state index contributed by atoms with van der Waals surface area (Å²) >= 11 is 0. The van der Waals surface area contributed by atoms with E-state index in [-0.39, 0.29) is 0 Å². The van der Waals surface area contributed by atoms with Crippen molar-refractivity contribution < 1.29 is 0 Å². The Morgan fingerprint density at radius 3 is 2.54 bits per heavy atom. The minimum Gasteiger partial charge on any atom is -0.366 e. The van der Waals surface area contributed by atoms with Crippen LogP contribution in [0.2, 0.25) is 0 Å². The van der Waals surface area contributed by atoms with Crippen LogP contribution in [0.15, 0.2) is 67.3 Å². The van der Waals surface area contributed by atoms with Gasteiger partial charge >= 0.3 is 0 Å². The Balaban J connectivity index is 1.34. The minimum atomic E-state index is 0.491. The molecule has 0 aliphatic carbocycles. The van der Waals surface area contributed by atoms with Crippen LogP contribution in [0.4, 0.5) is 5.69 Å². The Kier molecular flexibility index (Phi) is 4.97. The van der Waals surface area contributed by atoms with Gasteiger partial charge in [0.1, 0.15) is 0 Å². The third kappa shape index (κ3) is 3.94. The van der Waals surface area contributed by atoms with Crippen LogP contribution in [-0.4, -0.2) is 45.3 Å². The van der Waals surface area contributed by atoms with E-state index in [0.29, 0.717) is 6.04 Å². The number of anilines is 1. The second-order valence-corrected chi connectivity index (χ2v) is 7.01. The summed E-state index contributed by atoms with van der Waals surface area (Å²) in [7, 11) is 0. The molecule has 1 atom stereocenters. The number of nitrogens with zero attached hydrogens (tertiary/aromatic N) is 5. The summed E-state index contributed by atoms with van der Waals surface area (Å²) in [6.45, 7) is 7.26. The lowest BCUT2D eigenvalue weighted by Gasteiger charge is -2.41. The lowest BCUT2D eigenvalue weighted by atomic mass is 10.1. The topological polar surface area (TPSA) is 37.2 Å². The molecule has 3 aromatic rings. The Morgan fingerprint density at radius 2 is 1.77 bits per heavy atom. The molecule has 134 valence electrons. The summed E-state index contributed by atoms with van der Waals surface area (Å²) in [4.78, 5) is 9.11. The molecule has 1 unspecified atom stereocenters. The van der Waals surface area contributed by atoms with Gasteiger partial charge in [0.2, 0.25) is 0 Å². The van der Waals surface area contributed by atoms with Crippen molar-refractivity contribution in [2.75, 3.05) is 24.5 Å². The van der Waals surface area contributed by atoms with Crippen molar-refractivity contribution in [3.05, 3.63) is 78.4 Å². The van der Waals surface area contributed by atoms with Gasteiger partial charge in [0.15, 0.2) is 0 Å². The summed E-state index contributed by atoms with van der Waals surface area (Å²) in [6, 6.07) is 15.2. The maximum atomic E-state index is 4.53. The van der Waals surface area contributed by atoms with Gasteiger partial charge < -0.3 is 4.90 Å². The third-order valence-electron chi connectivity index (χ3n) is 4.99. The highest BCUT2D eigenvalue weighted by atomic mass is 15.3. The van der Waals surface area contributed by atoms with Crippen molar-refractivity contribution in [3.8, 4) is 0 Å². The first kappa shape index (κ1) is 16.8. The largest absolute Gasteiger partial charge is 0.366 e. The molecule has 3 heterocycles. The fraction of sp³-hybridized carbons (Fsp3) is 0.333. The van der Waals surface area contributed by atoms with E-state index in [4.69, 9.17) is 0 Å². The average Bonchev–Trinajstić information content (AvgIpc) is 3.10. The molecular weight excluding hydrogens is 322 g/mol. The summed E-state index contributed by atoms with van der Waals surface area (Å²) in [5.74, 6) is 0. The van der Waals surface area contributed by atoms with Crippen molar-refractivity contribution in [1.82, 2.24) is 19.7 Å². The normalized spacial score (nSPS) is 18.2. The predicted octanol–water partition coefficient (Wildman–Crippen LogP) is 3.04. The predicted molar refractivity (Wildman–Crippen MR) is 104 cm³/mol. The fourth-order valence-corrected chi connectivity index (χ4v) is 3.70. The summed E-state index contributed by atoms with van der Waals surface area (Å²) in [5.41, 5.74) is 3.83. The van der Waals surface area contributed by atoms with Crippen LogP contribution in [-0.2, 0) is 13.1 Å². The number of hydrogen-bond acceptors (Lipinski definition) is 4. The molecule has 1 aromatic carbocycles. The van der Waals surface area contributed by atoms with Crippen LogP contribution in [0, 0.1) is 0 Å². The molecule has 4 rings (SSSR count). The molecule has 0 saturated carbocycles. The first-order valence-electron chi connectivity index (χ1n) is 9.22. The van der Waals surface area contributed by atoms with E-state index in [1.165, 1.54) is 16.8 Å². The van der Waals surface area contributed by atoms with Gasteiger partial charge in [-0.1, -0.05) is 30.3 Å². The molecule has 1 aliphatic rings. The number of hydrogen-bond donors (Lipinski definition) is 0. The quantitative estimate of drug-likeness (QED) is 0.711. The summed E-state index contributed by atoms with van der Waals surface area (Å²) in [6.07, 6.45) is 7.92. The molecule has 2 aromatic heterocycles. The zero-order chi connectivity index (χ0) is 17.8. The van der Waals surface area contributed by atoms with Crippen molar-refractivity contribution in [2.45, 2.75) is 26.1 Å². The van der Waals surface area contributed by atoms with E-state index < -0.39 is 0 Å². The molecule has 1 fully saturated rings. The van der Waals surface area contributed by atoms with Gasteiger partial charge in [-0.05, 0) is 24.6 Å². The Hall–Kier alpha value is -2.66. The molecule has 26 heavy (non-hydrogen) atoms. The summed E-state index contributed by atoms with van der Waals surface area (Å²) < 4.78 is 2.03. The molecule has 1 saturated heterocycles. The molecule has 0 N–H and O–H groups in total. The highest BCUT2D eigenvalue weighted by Gasteiger charge is 2.24. The molecule has 0 spiro atoms. The van der Waals surface area contributed by atoms with Gasteiger partial charge in [-0.25, -0.2) is 0 Å². The molecule has 0 radical (unpaired) electrons. The van der Waals surface area contributed by atoms with Gasteiger partial charge in [-0.2, -0.15) is 5.10 Å². The number of piperazine rings is 1. The van der Waals surface area contributed by atoms with Crippen molar-refractivity contribution in [3.63, 3.8) is 0 Å². The molecule has 0 amide bonds. The van der Waals surface area contributed by atoms with E-state index >= 15 is 0 Å². The molecule has 0 bridgehead atoms. The number of benzene rings is 1. The highest BCUT2D eigenvalue weighted by Crippen LogP contribution is 2.20. The van der Waals surface area contributed by atoms with Crippen LogP contribution in [0.25, 0.3) is 0 Å². The van der Waals surface area contributed by atoms with E-state index in [2.05, 4.69) is 69.4 Å². The van der Waals surface area contributed by atoms with Crippen LogP contribution in [0.3, 0.4) is 0 Å². The smallest absolute Gasteiger partial charge is 0.0659 e. The molecule has 5 heteroatoms. The Labute approximate surface area is 154 Å². The van der Waals surface area contributed by atoms with Crippen molar-refractivity contribution in [1.29, 1.82) is 0 Å². The number of aromatic nitrogens is 3. The van der Waals surface area contributed by atoms with Crippen molar-refractivity contribution in [2.24, 2.45) is 0 Å². The van der Waals surface area contributed by atoms with Crippen molar-refractivity contribution >= 4 is 5.69 Å². The second kappa shape index (κ2) is 7.70. The fourth-order valence-electron chi connectivity index (χ4n) is 3.70. The zero-order valence-electron chi connectivity index (χ0n) is 15.2. The van der Waals surface area contributed by atoms with Crippen LogP contribution in [0.1, 0.15) is 18.1 Å². The van der Waals surface area contributed by atoms with E-state index in [1.54, 1.807) is 0 Å². The number of rotatable bonds is 5.